The number of carbonyl (C=O) groups is 1. The van der Waals surface area contributed by atoms with Gasteiger partial charge < -0.3 is 15.5 Å². The second-order valence-electron chi connectivity index (χ2n) is 4.15. The molecule has 0 aliphatic rings. The lowest BCUT2D eigenvalue weighted by atomic mass is 10.0. The quantitative estimate of drug-likeness (QED) is 0.492. The van der Waals surface area contributed by atoms with E-state index in [1.54, 1.807) is 0 Å². The third-order valence-electron chi connectivity index (χ3n) is 2.63. The monoisotopic (exact) mass is 231 g/mol. The van der Waals surface area contributed by atoms with Crippen LogP contribution in [0.2, 0.25) is 0 Å². The van der Waals surface area contributed by atoms with Gasteiger partial charge in [0, 0.05) is 26.2 Å². The van der Waals surface area contributed by atoms with Crippen LogP contribution in [-0.2, 0) is 4.79 Å². The smallest absolute Gasteiger partial charge is 0.220 e. The number of unbranched alkanes of at least 4 members (excludes halogenated alkanes) is 1. The van der Waals surface area contributed by atoms with Gasteiger partial charge in [-0.3, -0.25) is 4.79 Å². The van der Waals surface area contributed by atoms with Gasteiger partial charge in [0.05, 0.1) is 0 Å². The van der Waals surface area contributed by atoms with Crippen molar-refractivity contribution in [3.63, 3.8) is 0 Å². The van der Waals surface area contributed by atoms with E-state index in [-0.39, 0.29) is 19.1 Å². The highest BCUT2D eigenvalue weighted by atomic mass is 16.3. The molecule has 0 aromatic rings. The first-order valence-electron chi connectivity index (χ1n) is 6.23. The van der Waals surface area contributed by atoms with Gasteiger partial charge in [0.1, 0.15) is 0 Å². The normalized spacial score (nSPS) is 12.4. The van der Waals surface area contributed by atoms with Crippen LogP contribution >= 0.6 is 0 Å². The molecule has 1 amide bonds. The van der Waals surface area contributed by atoms with Crippen LogP contribution in [0.1, 0.15) is 45.4 Å². The van der Waals surface area contributed by atoms with Gasteiger partial charge in [-0.25, -0.2) is 0 Å². The standard InChI is InChI=1S/C12H25NO3/c1-2-5-11(7-9-15)10-13-12(16)6-3-4-8-14/h11,14-15H,2-10H2,1H3,(H,13,16). The summed E-state index contributed by atoms with van der Waals surface area (Å²) >= 11 is 0. The third kappa shape index (κ3) is 8.68. The highest BCUT2D eigenvalue weighted by molar-refractivity contribution is 5.75. The fraction of sp³-hybridized carbons (Fsp3) is 0.917. The van der Waals surface area contributed by atoms with E-state index in [1.807, 2.05) is 0 Å². The zero-order chi connectivity index (χ0) is 12.2. The first kappa shape index (κ1) is 15.4. The number of aliphatic hydroxyl groups excluding tert-OH is 2. The molecule has 0 aliphatic heterocycles. The van der Waals surface area contributed by atoms with E-state index in [4.69, 9.17) is 10.2 Å². The fourth-order valence-electron chi connectivity index (χ4n) is 1.68. The maximum Gasteiger partial charge on any atom is 0.220 e. The van der Waals surface area contributed by atoms with E-state index in [0.29, 0.717) is 25.3 Å². The fourth-order valence-corrected chi connectivity index (χ4v) is 1.68. The Bertz CT molecular complexity index is 168. The van der Waals surface area contributed by atoms with Crippen molar-refractivity contribution in [2.75, 3.05) is 19.8 Å². The van der Waals surface area contributed by atoms with Gasteiger partial charge in [0.15, 0.2) is 0 Å². The van der Waals surface area contributed by atoms with Gasteiger partial charge in [-0.15, -0.1) is 0 Å². The summed E-state index contributed by atoms with van der Waals surface area (Å²) in [6, 6.07) is 0. The molecule has 1 unspecified atom stereocenters. The summed E-state index contributed by atoms with van der Waals surface area (Å²) in [5, 5.41) is 20.3. The Morgan fingerprint density at radius 3 is 2.50 bits per heavy atom. The second-order valence-corrected chi connectivity index (χ2v) is 4.15. The van der Waals surface area contributed by atoms with Crippen LogP contribution in [0.3, 0.4) is 0 Å². The van der Waals surface area contributed by atoms with Crippen LogP contribution in [0, 0.1) is 5.92 Å². The lowest BCUT2D eigenvalue weighted by Gasteiger charge is -2.15. The van der Waals surface area contributed by atoms with Crippen LogP contribution in [0.4, 0.5) is 0 Å². The molecule has 0 aromatic carbocycles. The van der Waals surface area contributed by atoms with Gasteiger partial charge in [0.25, 0.3) is 0 Å². The molecule has 1 atom stereocenters. The lowest BCUT2D eigenvalue weighted by Crippen LogP contribution is -2.29. The van der Waals surface area contributed by atoms with Crippen LogP contribution in [-0.4, -0.2) is 35.9 Å². The van der Waals surface area contributed by atoms with Crippen LogP contribution in [0.5, 0.6) is 0 Å². The molecule has 16 heavy (non-hydrogen) atoms. The van der Waals surface area contributed by atoms with E-state index < -0.39 is 0 Å². The van der Waals surface area contributed by atoms with Crippen LogP contribution in [0.25, 0.3) is 0 Å². The van der Waals surface area contributed by atoms with Crippen molar-refractivity contribution in [1.29, 1.82) is 0 Å². The van der Waals surface area contributed by atoms with Gasteiger partial charge >= 0.3 is 0 Å². The molecule has 4 heteroatoms. The molecule has 0 aliphatic carbocycles. The molecule has 0 fully saturated rings. The Morgan fingerprint density at radius 1 is 1.19 bits per heavy atom. The number of hydrogen-bond donors (Lipinski definition) is 3. The average molecular weight is 231 g/mol. The van der Waals surface area contributed by atoms with Gasteiger partial charge in [-0.2, -0.15) is 0 Å². The van der Waals surface area contributed by atoms with E-state index >= 15 is 0 Å². The zero-order valence-electron chi connectivity index (χ0n) is 10.2. The van der Waals surface area contributed by atoms with Crippen LogP contribution in [0.15, 0.2) is 0 Å². The Labute approximate surface area is 98.1 Å². The number of hydrogen-bond acceptors (Lipinski definition) is 3. The molecule has 3 N–H and O–H groups in total. The highest BCUT2D eigenvalue weighted by Crippen LogP contribution is 2.09. The van der Waals surface area contributed by atoms with Crippen molar-refractivity contribution in [2.24, 2.45) is 5.92 Å². The topological polar surface area (TPSA) is 69.6 Å². The Kier molecular flexibility index (Phi) is 10.5. The number of rotatable bonds is 10. The first-order valence-corrected chi connectivity index (χ1v) is 6.23. The van der Waals surface area contributed by atoms with Crippen molar-refractivity contribution >= 4 is 5.91 Å². The molecule has 0 rings (SSSR count). The maximum atomic E-state index is 11.4. The number of aliphatic hydroxyl groups is 2. The molecular formula is C12H25NO3. The molecule has 4 nitrogen and oxygen atoms in total. The number of nitrogens with one attached hydrogen (secondary N) is 1. The number of amides is 1. The summed E-state index contributed by atoms with van der Waals surface area (Å²) in [5.74, 6) is 0.435. The van der Waals surface area contributed by atoms with Crippen LogP contribution < -0.4 is 5.32 Å². The van der Waals surface area contributed by atoms with E-state index in [9.17, 15) is 4.79 Å². The average Bonchev–Trinajstić information content (AvgIpc) is 2.27. The zero-order valence-corrected chi connectivity index (χ0v) is 10.2. The summed E-state index contributed by atoms with van der Waals surface area (Å²) in [6.07, 6.45) is 4.77. The molecular weight excluding hydrogens is 206 g/mol. The molecule has 0 saturated heterocycles. The van der Waals surface area contributed by atoms with Gasteiger partial charge in [-0.05, 0) is 31.6 Å². The summed E-state index contributed by atoms with van der Waals surface area (Å²) in [7, 11) is 0. The minimum Gasteiger partial charge on any atom is -0.396 e. The molecule has 96 valence electrons. The molecule has 0 bridgehead atoms. The third-order valence-corrected chi connectivity index (χ3v) is 2.63. The Morgan fingerprint density at radius 2 is 1.94 bits per heavy atom. The predicted octanol–water partition coefficient (Wildman–Crippen LogP) is 1.06. The lowest BCUT2D eigenvalue weighted by molar-refractivity contribution is -0.121. The first-order chi connectivity index (χ1) is 7.74. The highest BCUT2D eigenvalue weighted by Gasteiger charge is 2.08. The minimum atomic E-state index is 0.0486. The summed E-state index contributed by atoms with van der Waals surface area (Å²) in [5.41, 5.74) is 0. The predicted molar refractivity (Wildman–Crippen MR) is 64.0 cm³/mol. The second kappa shape index (κ2) is 10.9. The van der Waals surface area contributed by atoms with Crippen molar-refractivity contribution < 1.29 is 15.0 Å². The van der Waals surface area contributed by atoms with Crippen molar-refractivity contribution in [3.8, 4) is 0 Å². The summed E-state index contributed by atoms with van der Waals surface area (Å²) < 4.78 is 0. The minimum absolute atomic E-state index is 0.0486. The number of carbonyl (C=O) groups excluding carboxylic acids is 1. The van der Waals surface area contributed by atoms with E-state index in [1.165, 1.54) is 0 Å². The molecule has 0 heterocycles. The summed E-state index contributed by atoms with van der Waals surface area (Å²) in [6.45, 7) is 3.10. The Hall–Kier alpha value is -0.610. The van der Waals surface area contributed by atoms with Crippen molar-refractivity contribution in [3.05, 3.63) is 0 Å². The molecule has 0 aromatic heterocycles. The van der Waals surface area contributed by atoms with Gasteiger partial charge in [0.2, 0.25) is 5.91 Å². The van der Waals surface area contributed by atoms with E-state index in [2.05, 4.69) is 12.2 Å². The maximum absolute atomic E-state index is 11.4. The van der Waals surface area contributed by atoms with Crippen molar-refractivity contribution in [2.45, 2.75) is 45.4 Å². The van der Waals surface area contributed by atoms with Gasteiger partial charge in [-0.1, -0.05) is 13.3 Å². The van der Waals surface area contributed by atoms with Crippen molar-refractivity contribution in [1.82, 2.24) is 5.32 Å². The molecule has 0 spiro atoms. The SMILES string of the molecule is CCCC(CCO)CNC(=O)CCCCO. The largest absolute Gasteiger partial charge is 0.396 e. The Balaban J connectivity index is 3.60. The van der Waals surface area contributed by atoms with E-state index in [0.717, 1.165) is 25.7 Å². The summed E-state index contributed by atoms with van der Waals surface area (Å²) in [4.78, 5) is 11.4. The molecule has 0 saturated carbocycles. The molecule has 0 radical (unpaired) electrons.